The highest BCUT2D eigenvalue weighted by molar-refractivity contribution is 9.12. The van der Waals surface area contributed by atoms with E-state index in [0.29, 0.717) is 23.5 Å². The number of rotatable bonds is 4. The third-order valence-electron chi connectivity index (χ3n) is 2.31. The Kier molecular flexibility index (Phi) is 4.59. The zero-order valence-electron chi connectivity index (χ0n) is 9.57. The van der Waals surface area contributed by atoms with Crippen molar-refractivity contribution in [2.75, 3.05) is 6.61 Å². The highest BCUT2D eigenvalue weighted by Gasteiger charge is 2.16. The number of halogens is 2. The van der Waals surface area contributed by atoms with Gasteiger partial charge >= 0.3 is 0 Å². The van der Waals surface area contributed by atoms with Gasteiger partial charge in [0.1, 0.15) is 5.75 Å². The van der Waals surface area contributed by atoms with Crippen LogP contribution in [0.1, 0.15) is 22.8 Å². The third kappa shape index (κ3) is 3.02. The molecule has 1 heterocycles. The lowest BCUT2D eigenvalue weighted by Crippen LogP contribution is -2.01. The average Bonchev–Trinajstić information content (AvgIpc) is 2.68. The molecule has 0 N–H and O–H groups in total. The van der Waals surface area contributed by atoms with Crippen LogP contribution < -0.4 is 4.74 Å². The first-order chi connectivity index (χ1) is 8.61. The van der Waals surface area contributed by atoms with E-state index in [1.807, 2.05) is 25.1 Å². The Balaban J connectivity index is 2.34. The number of carbonyl (C=O) groups excluding carboxylic acids is 1. The molecule has 0 aliphatic rings. The van der Waals surface area contributed by atoms with Crippen LogP contribution in [0, 0.1) is 0 Å². The van der Waals surface area contributed by atoms with Crippen molar-refractivity contribution in [1.29, 1.82) is 0 Å². The van der Waals surface area contributed by atoms with Gasteiger partial charge in [-0.15, -0.1) is 11.3 Å². The summed E-state index contributed by atoms with van der Waals surface area (Å²) in [6.45, 7) is 2.51. The van der Waals surface area contributed by atoms with Gasteiger partial charge in [0.2, 0.25) is 0 Å². The number of benzene rings is 1. The Hall–Kier alpha value is -0.650. The summed E-state index contributed by atoms with van der Waals surface area (Å²) in [6.07, 6.45) is 0. The molecule has 18 heavy (non-hydrogen) atoms. The van der Waals surface area contributed by atoms with Crippen LogP contribution in [0.25, 0.3) is 0 Å². The third-order valence-corrected chi connectivity index (χ3v) is 4.65. The zero-order valence-corrected chi connectivity index (χ0v) is 13.6. The molecule has 0 aliphatic heterocycles. The van der Waals surface area contributed by atoms with Crippen molar-refractivity contribution >= 4 is 49.0 Å². The lowest BCUT2D eigenvalue weighted by atomic mass is 10.1. The number of hydrogen-bond donors (Lipinski definition) is 0. The van der Waals surface area contributed by atoms with Crippen LogP contribution in [0.4, 0.5) is 0 Å². The number of carbonyl (C=O) groups is 1. The van der Waals surface area contributed by atoms with Crippen LogP contribution in [0.3, 0.4) is 0 Å². The van der Waals surface area contributed by atoms with E-state index in [1.54, 1.807) is 12.1 Å². The fraction of sp³-hybridized carbons (Fsp3) is 0.154. The van der Waals surface area contributed by atoms with Gasteiger partial charge in [-0.3, -0.25) is 4.79 Å². The molecule has 2 aromatic rings. The molecule has 0 saturated carbocycles. The monoisotopic (exact) mass is 388 g/mol. The molecule has 0 fully saturated rings. The molecule has 0 saturated heterocycles. The minimum absolute atomic E-state index is 0.00891. The molecule has 0 unspecified atom stereocenters. The van der Waals surface area contributed by atoms with Crippen molar-refractivity contribution < 1.29 is 9.53 Å². The van der Waals surface area contributed by atoms with Crippen LogP contribution >= 0.6 is 43.2 Å². The van der Waals surface area contributed by atoms with Gasteiger partial charge < -0.3 is 4.74 Å². The van der Waals surface area contributed by atoms with E-state index < -0.39 is 0 Å². The van der Waals surface area contributed by atoms with Gasteiger partial charge in [0.25, 0.3) is 0 Å². The largest absolute Gasteiger partial charge is 0.494 e. The number of thiophene rings is 1. The molecule has 1 aromatic carbocycles. The molecule has 94 valence electrons. The van der Waals surface area contributed by atoms with Crippen molar-refractivity contribution in [3.05, 3.63) is 49.0 Å². The molecule has 0 aliphatic carbocycles. The molecule has 0 atom stereocenters. The van der Waals surface area contributed by atoms with E-state index in [2.05, 4.69) is 31.9 Å². The first-order valence-electron chi connectivity index (χ1n) is 5.34. The van der Waals surface area contributed by atoms with E-state index in [-0.39, 0.29) is 5.78 Å². The number of ketones is 1. The van der Waals surface area contributed by atoms with Crippen LogP contribution in [-0.4, -0.2) is 12.4 Å². The molecular weight excluding hydrogens is 380 g/mol. The summed E-state index contributed by atoms with van der Waals surface area (Å²) < 4.78 is 7.16. The van der Waals surface area contributed by atoms with Gasteiger partial charge in [0, 0.05) is 11.1 Å². The normalized spacial score (nSPS) is 10.4. The number of ether oxygens (including phenoxy) is 1. The molecule has 1 aromatic heterocycles. The second-order valence-electron chi connectivity index (χ2n) is 3.53. The summed E-state index contributed by atoms with van der Waals surface area (Å²) in [6, 6.07) is 9.06. The molecule has 0 amide bonds. The first kappa shape index (κ1) is 13.8. The first-order valence-corrected chi connectivity index (χ1v) is 7.74. The topological polar surface area (TPSA) is 26.3 Å². The summed E-state index contributed by atoms with van der Waals surface area (Å²) in [7, 11) is 0. The van der Waals surface area contributed by atoms with Crippen LogP contribution in [-0.2, 0) is 0 Å². The van der Waals surface area contributed by atoms with E-state index >= 15 is 0 Å². The van der Waals surface area contributed by atoms with Crippen molar-refractivity contribution in [2.24, 2.45) is 0 Å². The average molecular weight is 390 g/mol. The van der Waals surface area contributed by atoms with Gasteiger partial charge in [0.15, 0.2) is 5.78 Å². The standard InChI is InChI=1S/C13H10Br2O2S/c1-2-17-9-5-3-4-8(6-9)12(16)10-7-11(14)18-13(10)15/h3-7H,2H2,1H3. The molecule has 2 nitrogen and oxygen atoms in total. The van der Waals surface area contributed by atoms with Crippen LogP contribution in [0.15, 0.2) is 37.9 Å². The van der Waals surface area contributed by atoms with E-state index in [9.17, 15) is 4.79 Å². The SMILES string of the molecule is CCOc1cccc(C(=O)c2cc(Br)sc2Br)c1. The highest BCUT2D eigenvalue weighted by Crippen LogP contribution is 2.33. The van der Waals surface area contributed by atoms with Crippen molar-refractivity contribution in [3.8, 4) is 5.75 Å². The lowest BCUT2D eigenvalue weighted by Gasteiger charge is -2.05. The quantitative estimate of drug-likeness (QED) is 0.695. The Morgan fingerprint density at radius 3 is 2.72 bits per heavy atom. The van der Waals surface area contributed by atoms with Gasteiger partial charge in [-0.2, -0.15) is 0 Å². The Bertz CT molecular complexity index is 578. The van der Waals surface area contributed by atoms with Gasteiger partial charge in [-0.05, 0) is 57.0 Å². The summed E-state index contributed by atoms with van der Waals surface area (Å²) in [4.78, 5) is 12.3. The predicted molar refractivity (Wildman–Crippen MR) is 80.8 cm³/mol. The van der Waals surface area contributed by atoms with Crippen molar-refractivity contribution in [1.82, 2.24) is 0 Å². The molecule has 0 spiro atoms. The molecule has 2 rings (SSSR count). The zero-order chi connectivity index (χ0) is 13.1. The highest BCUT2D eigenvalue weighted by atomic mass is 79.9. The maximum atomic E-state index is 12.3. The Labute approximate surface area is 126 Å². The fourth-order valence-corrected chi connectivity index (χ4v) is 4.34. The van der Waals surface area contributed by atoms with Gasteiger partial charge in [0.05, 0.1) is 14.2 Å². The summed E-state index contributed by atoms with van der Waals surface area (Å²) in [5.74, 6) is 0.708. The van der Waals surface area contributed by atoms with E-state index in [0.717, 1.165) is 7.57 Å². The predicted octanol–water partition coefficient (Wildman–Crippen LogP) is 4.90. The summed E-state index contributed by atoms with van der Waals surface area (Å²) >= 11 is 8.26. The van der Waals surface area contributed by atoms with Crippen LogP contribution in [0.5, 0.6) is 5.75 Å². The minimum Gasteiger partial charge on any atom is -0.494 e. The van der Waals surface area contributed by atoms with Crippen molar-refractivity contribution in [3.63, 3.8) is 0 Å². The van der Waals surface area contributed by atoms with Gasteiger partial charge in [-0.25, -0.2) is 0 Å². The van der Waals surface area contributed by atoms with E-state index in [1.165, 1.54) is 11.3 Å². The summed E-state index contributed by atoms with van der Waals surface area (Å²) in [5, 5.41) is 0. The Morgan fingerprint density at radius 2 is 2.11 bits per heavy atom. The van der Waals surface area contributed by atoms with Crippen LogP contribution in [0.2, 0.25) is 0 Å². The maximum absolute atomic E-state index is 12.3. The molecular formula is C13H10Br2O2S. The second-order valence-corrected chi connectivity index (χ2v) is 7.28. The number of hydrogen-bond acceptors (Lipinski definition) is 3. The lowest BCUT2D eigenvalue weighted by molar-refractivity contribution is 0.103. The van der Waals surface area contributed by atoms with Gasteiger partial charge in [-0.1, -0.05) is 12.1 Å². The molecule has 0 radical (unpaired) electrons. The minimum atomic E-state index is -0.00891. The summed E-state index contributed by atoms with van der Waals surface area (Å²) in [5.41, 5.74) is 1.30. The van der Waals surface area contributed by atoms with E-state index in [4.69, 9.17) is 4.74 Å². The van der Waals surface area contributed by atoms with Crippen molar-refractivity contribution in [2.45, 2.75) is 6.92 Å². The maximum Gasteiger partial charge on any atom is 0.195 e. The molecule has 0 bridgehead atoms. The fourth-order valence-electron chi connectivity index (χ4n) is 1.54. The second kappa shape index (κ2) is 5.99. The smallest absolute Gasteiger partial charge is 0.195 e. The molecule has 5 heteroatoms. The Morgan fingerprint density at radius 1 is 1.33 bits per heavy atom.